The molecule has 1 aliphatic heterocycles. The topological polar surface area (TPSA) is 91.1 Å². The summed E-state index contributed by atoms with van der Waals surface area (Å²) in [4.78, 5) is 13.7. The highest BCUT2D eigenvalue weighted by Crippen LogP contribution is 2.25. The first-order valence-corrected chi connectivity index (χ1v) is 6.85. The molecule has 1 aliphatic rings. The number of imidazole rings is 1. The molecule has 1 atom stereocenters. The predicted octanol–water partition coefficient (Wildman–Crippen LogP) is 0.671. The van der Waals surface area contributed by atoms with Crippen LogP contribution in [0.25, 0.3) is 0 Å². The molecule has 7 heteroatoms. The van der Waals surface area contributed by atoms with Crippen LogP contribution in [0.1, 0.15) is 30.4 Å². The van der Waals surface area contributed by atoms with E-state index in [0.29, 0.717) is 24.7 Å². The van der Waals surface area contributed by atoms with Crippen LogP contribution in [-0.2, 0) is 13.0 Å². The summed E-state index contributed by atoms with van der Waals surface area (Å²) in [6.45, 7) is 4.06. The Morgan fingerprint density at radius 3 is 3.15 bits per heavy atom. The second-order valence-corrected chi connectivity index (χ2v) is 5.49. The molecule has 3 heterocycles. The van der Waals surface area contributed by atoms with Gasteiger partial charge in [0.1, 0.15) is 5.82 Å². The first-order chi connectivity index (χ1) is 9.63. The van der Waals surface area contributed by atoms with Crippen molar-refractivity contribution in [1.29, 1.82) is 0 Å². The molecule has 2 aromatic heterocycles. The first kappa shape index (κ1) is 13.3. The lowest BCUT2D eigenvalue weighted by molar-refractivity contribution is -0.0379. The van der Waals surface area contributed by atoms with Gasteiger partial charge in [0.05, 0.1) is 18.6 Å². The number of piperidine rings is 1. The van der Waals surface area contributed by atoms with Gasteiger partial charge in [-0.05, 0) is 26.3 Å². The van der Waals surface area contributed by atoms with Crippen molar-refractivity contribution in [1.82, 2.24) is 25.0 Å². The zero-order chi connectivity index (χ0) is 14.0. The quantitative estimate of drug-likeness (QED) is 0.853. The molecule has 0 saturated carbocycles. The number of aromatic amines is 1. The molecule has 20 heavy (non-hydrogen) atoms. The zero-order valence-corrected chi connectivity index (χ0v) is 11.5. The van der Waals surface area contributed by atoms with Crippen molar-refractivity contribution in [3.05, 3.63) is 29.9 Å². The number of β-amino-alcohol motifs (C(OH)–C–C–N with tert-alkyl or cyclic N) is 1. The lowest BCUT2D eigenvalue weighted by atomic mass is 9.89. The standard InChI is InChI=1S/C13H19N5O2/c1-10-16-12(20-17-10)7-13(19)3-2-6-18(9-13)8-11-14-4-5-15-11/h4-5,19H,2-3,6-9H2,1H3,(H,14,15). The molecular weight excluding hydrogens is 258 g/mol. The minimum absolute atomic E-state index is 0.405. The second kappa shape index (κ2) is 5.34. The highest BCUT2D eigenvalue weighted by Gasteiger charge is 2.35. The van der Waals surface area contributed by atoms with Crippen LogP contribution < -0.4 is 0 Å². The van der Waals surface area contributed by atoms with Crippen LogP contribution in [0.4, 0.5) is 0 Å². The highest BCUT2D eigenvalue weighted by molar-refractivity contribution is 4.97. The Morgan fingerprint density at radius 1 is 1.55 bits per heavy atom. The highest BCUT2D eigenvalue weighted by atomic mass is 16.5. The summed E-state index contributed by atoms with van der Waals surface area (Å²) in [5.74, 6) is 2.03. The summed E-state index contributed by atoms with van der Waals surface area (Å²) in [5.41, 5.74) is -0.802. The summed E-state index contributed by atoms with van der Waals surface area (Å²) in [6.07, 6.45) is 5.66. The molecular formula is C13H19N5O2. The Labute approximate surface area is 117 Å². The number of aryl methyl sites for hydroxylation is 1. The van der Waals surface area contributed by atoms with Gasteiger partial charge >= 0.3 is 0 Å². The van der Waals surface area contributed by atoms with Crippen LogP contribution in [0.5, 0.6) is 0 Å². The molecule has 7 nitrogen and oxygen atoms in total. The average molecular weight is 277 g/mol. The van der Waals surface area contributed by atoms with Gasteiger partial charge in [0.25, 0.3) is 0 Å². The third kappa shape index (κ3) is 3.05. The summed E-state index contributed by atoms with van der Waals surface area (Å²) in [7, 11) is 0. The van der Waals surface area contributed by atoms with Crippen LogP contribution in [0, 0.1) is 6.92 Å². The fourth-order valence-electron chi connectivity index (χ4n) is 2.77. The minimum atomic E-state index is -0.802. The summed E-state index contributed by atoms with van der Waals surface area (Å²) < 4.78 is 5.12. The van der Waals surface area contributed by atoms with E-state index in [9.17, 15) is 5.11 Å². The largest absolute Gasteiger partial charge is 0.388 e. The van der Waals surface area contributed by atoms with Gasteiger partial charge in [-0.15, -0.1) is 0 Å². The number of rotatable bonds is 4. The van der Waals surface area contributed by atoms with Crippen molar-refractivity contribution in [3.8, 4) is 0 Å². The van der Waals surface area contributed by atoms with Crippen molar-refractivity contribution < 1.29 is 9.63 Å². The third-order valence-electron chi connectivity index (χ3n) is 3.61. The maximum Gasteiger partial charge on any atom is 0.229 e. The zero-order valence-electron chi connectivity index (χ0n) is 11.5. The van der Waals surface area contributed by atoms with E-state index in [0.717, 1.165) is 31.8 Å². The van der Waals surface area contributed by atoms with Gasteiger partial charge in [-0.3, -0.25) is 4.90 Å². The van der Waals surface area contributed by atoms with Crippen molar-refractivity contribution >= 4 is 0 Å². The molecule has 0 amide bonds. The van der Waals surface area contributed by atoms with E-state index in [-0.39, 0.29) is 0 Å². The number of nitrogens with zero attached hydrogens (tertiary/aromatic N) is 4. The summed E-state index contributed by atoms with van der Waals surface area (Å²) in [5, 5.41) is 14.5. The molecule has 1 saturated heterocycles. The second-order valence-electron chi connectivity index (χ2n) is 5.49. The van der Waals surface area contributed by atoms with Crippen LogP contribution in [-0.4, -0.2) is 48.8 Å². The molecule has 0 spiro atoms. The van der Waals surface area contributed by atoms with Crippen LogP contribution in [0.2, 0.25) is 0 Å². The van der Waals surface area contributed by atoms with E-state index in [4.69, 9.17) is 4.52 Å². The molecule has 1 unspecified atom stereocenters. The Bertz CT molecular complexity index is 553. The van der Waals surface area contributed by atoms with Gasteiger partial charge in [-0.1, -0.05) is 5.16 Å². The Morgan fingerprint density at radius 2 is 2.45 bits per heavy atom. The number of H-pyrrole nitrogens is 1. The SMILES string of the molecule is Cc1noc(CC2(O)CCCN(Cc3ncc[nH]3)C2)n1. The predicted molar refractivity (Wildman–Crippen MR) is 70.8 cm³/mol. The lowest BCUT2D eigenvalue weighted by Crippen LogP contribution is -2.49. The Balaban J connectivity index is 1.64. The van der Waals surface area contributed by atoms with Crippen molar-refractivity contribution in [3.63, 3.8) is 0 Å². The fourth-order valence-corrected chi connectivity index (χ4v) is 2.77. The maximum absolute atomic E-state index is 10.7. The fraction of sp³-hybridized carbons (Fsp3) is 0.615. The lowest BCUT2D eigenvalue weighted by Gasteiger charge is -2.38. The van der Waals surface area contributed by atoms with Gasteiger partial charge in [0.2, 0.25) is 5.89 Å². The minimum Gasteiger partial charge on any atom is -0.388 e. The average Bonchev–Trinajstić information content (AvgIpc) is 3.01. The van der Waals surface area contributed by atoms with Gasteiger partial charge in [0, 0.05) is 18.9 Å². The van der Waals surface area contributed by atoms with E-state index in [1.165, 1.54) is 0 Å². The maximum atomic E-state index is 10.7. The van der Waals surface area contributed by atoms with E-state index >= 15 is 0 Å². The van der Waals surface area contributed by atoms with E-state index in [1.54, 1.807) is 13.1 Å². The van der Waals surface area contributed by atoms with Crippen molar-refractivity contribution in [2.24, 2.45) is 0 Å². The normalized spacial score (nSPS) is 24.1. The number of nitrogens with one attached hydrogen (secondary N) is 1. The Hall–Kier alpha value is -1.73. The van der Waals surface area contributed by atoms with Crippen molar-refractivity contribution in [2.45, 2.75) is 38.3 Å². The van der Waals surface area contributed by atoms with E-state index < -0.39 is 5.60 Å². The molecule has 0 bridgehead atoms. The number of likely N-dealkylation sites (tertiary alicyclic amines) is 1. The summed E-state index contributed by atoms with van der Waals surface area (Å²) in [6, 6.07) is 0. The summed E-state index contributed by atoms with van der Waals surface area (Å²) >= 11 is 0. The smallest absolute Gasteiger partial charge is 0.229 e. The number of hydrogen-bond donors (Lipinski definition) is 2. The van der Waals surface area contributed by atoms with Crippen LogP contribution in [0.15, 0.2) is 16.9 Å². The molecule has 1 fully saturated rings. The molecule has 2 N–H and O–H groups in total. The number of hydrogen-bond acceptors (Lipinski definition) is 6. The van der Waals surface area contributed by atoms with Crippen LogP contribution >= 0.6 is 0 Å². The Kier molecular flexibility index (Phi) is 3.54. The van der Waals surface area contributed by atoms with Crippen LogP contribution in [0.3, 0.4) is 0 Å². The van der Waals surface area contributed by atoms with Gasteiger partial charge < -0.3 is 14.6 Å². The molecule has 0 aromatic carbocycles. The van der Waals surface area contributed by atoms with Crippen molar-refractivity contribution in [2.75, 3.05) is 13.1 Å². The first-order valence-electron chi connectivity index (χ1n) is 6.85. The third-order valence-corrected chi connectivity index (χ3v) is 3.61. The molecule has 0 radical (unpaired) electrons. The molecule has 3 rings (SSSR count). The van der Waals surface area contributed by atoms with Gasteiger partial charge in [0.15, 0.2) is 5.82 Å². The molecule has 2 aromatic rings. The number of aliphatic hydroxyl groups is 1. The number of aromatic nitrogens is 4. The van der Waals surface area contributed by atoms with Gasteiger partial charge in [-0.2, -0.15) is 4.98 Å². The molecule has 108 valence electrons. The monoisotopic (exact) mass is 277 g/mol. The van der Waals surface area contributed by atoms with E-state index in [2.05, 4.69) is 25.0 Å². The molecule has 0 aliphatic carbocycles. The van der Waals surface area contributed by atoms with E-state index in [1.807, 2.05) is 6.20 Å². The van der Waals surface area contributed by atoms with Gasteiger partial charge in [-0.25, -0.2) is 4.98 Å².